The SMILES string of the molecule is COc1cc2nccc(Oc3ncc(NC(=O)C(=O)O)cc3Cl)c2cc1OC. The maximum Gasteiger partial charge on any atom is 0.394 e. The van der Waals surface area contributed by atoms with E-state index in [2.05, 4.69) is 15.3 Å². The molecule has 2 N–H and O–H groups in total. The van der Waals surface area contributed by atoms with Crippen LogP contribution in [-0.2, 0) is 9.59 Å². The third kappa shape index (κ3) is 3.89. The summed E-state index contributed by atoms with van der Waals surface area (Å²) in [5, 5.41) is 11.5. The first-order chi connectivity index (χ1) is 13.4. The Bertz CT molecular complexity index is 1070. The highest BCUT2D eigenvalue weighted by Crippen LogP contribution is 2.37. The summed E-state index contributed by atoms with van der Waals surface area (Å²) in [5.41, 5.74) is 0.729. The van der Waals surface area contributed by atoms with Crippen LogP contribution in [-0.4, -0.2) is 41.2 Å². The van der Waals surface area contributed by atoms with E-state index in [-0.39, 0.29) is 16.6 Å². The van der Waals surface area contributed by atoms with E-state index in [0.29, 0.717) is 28.2 Å². The van der Waals surface area contributed by atoms with Crippen LogP contribution in [0.4, 0.5) is 5.69 Å². The number of ether oxygens (including phenoxy) is 3. The Kier molecular flexibility index (Phi) is 5.46. The van der Waals surface area contributed by atoms with Crippen molar-refractivity contribution < 1.29 is 28.9 Å². The number of carbonyl (C=O) groups is 2. The van der Waals surface area contributed by atoms with Gasteiger partial charge in [-0.25, -0.2) is 9.78 Å². The fraction of sp³-hybridized carbons (Fsp3) is 0.111. The number of carbonyl (C=O) groups excluding carboxylic acids is 1. The molecule has 0 fully saturated rings. The fourth-order valence-corrected chi connectivity index (χ4v) is 2.60. The minimum Gasteiger partial charge on any atom is -0.493 e. The number of methoxy groups -OCH3 is 2. The van der Waals surface area contributed by atoms with Crippen LogP contribution in [0.2, 0.25) is 5.02 Å². The predicted octanol–water partition coefficient (Wildman–Crippen LogP) is 3.12. The monoisotopic (exact) mass is 403 g/mol. The van der Waals surface area contributed by atoms with Crippen LogP contribution in [0.3, 0.4) is 0 Å². The number of anilines is 1. The molecule has 0 bridgehead atoms. The van der Waals surface area contributed by atoms with Crippen molar-refractivity contribution in [3.63, 3.8) is 0 Å². The second kappa shape index (κ2) is 7.97. The molecule has 1 amide bonds. The lowest BCUT2D eigenvalue weighted by Crippen LogP contribution is -2.21. The number of carboxylic acid groups (broad SMARTS) is 1. The van der Waals surface area contributed by atoms with Gasteiger partial charge in [0.2, 0.25) is 5.88 Å². The number of nitrogens with zero attached hydrogens (tertiary/aromatic N) is 2. The van der Waals surface area contributed by atoms with Gasteiger partial charge in [-0.3, -0.25) is 9.78 Å². The standard InChI is InChI=1S/C18H14ClN3O6/c1-26-14-6-10-12(7-15(14)27-2)20-4-3-13(10)28-17-11(19)5-9(8-21-17)22-16(23)18(24)25/h3-8H,1-2H3,(H,22,23)(H,24,25). The lowest BCUT2D eigenvalue weighted by atomic mass is 10.2. The van der Waals surface area contributed by atoms with Crippen molar-refractivity contribution in [1.29, 1.82) is 0 Å². The van der Waals surface area contributed by atoms with E-state index in [1.807, 2.05) is 0 Å². The Labute approximate surface area is 163 Å². The van der Waals surface area contributed by atoms with Gasteiger partial charge in [-0.1, -0.05) is 11.6 Å². The van der Waals surface area contributed by atoms with Crippen molar-refractivity contribution in [2.45, 2.75) is 0 Å². The summed E-state index contributed by atoms with van der Waals surface area (Å²) in [6.07, 6.45) is 2.79. The number of halogens is 1. The van der Waals surface area contributed by atoms with Gasteiger partial charge in [0.1, 0.15) is 10.8 Å². The van der Waals surface area contributed by atoms with Gasteiger partial charge in [0.15, 0.2) is 11.5 Å². The molecule has 0 spiro atoms. The summed E-state index contributed by atoms with van der Waals surface area (Å²) in [6, 6.07) is 6.39. The molecule has 0 atom stereocenters. The summed E-state index contributed by atoms with van der Waals surface area (Å²) in [5.74, 6) is -1.32. The Morgan fingerprint density at radius 3 is 2.43 bits per heavy atom. The van der Waals surface area contributed by atoms with Crippen molar-refractivity contribution >= 4 is 40.1 Å². The molecular formula is C18H14ClN3O6. The topological polar surface area (TPSA) is 120 Å². The second-order valence-corrected chi connectivity index (χ2v) is 5.81. The molecule has 0 unspecified atom stereocenters. The van der Waals surface area contributed by atoms with Crippen molar-refractivity contribution in [2.24, 2.45) is 0 Å². The number of hydrogen-bond acceptors (Lipinski definition) is 7. The number of aliphatic carboxylic acids is 1. The van der Waals surface area contributed by atoms with Crippen LogP contribution >= 0.6 is 11.6 Å². The van der Waals surface area contributed by atoms with Crippen molar-refractivity contribution in [3.8, 4) is 23.1 Å². The maximum absolute atomic E-state index is 11.2. The normalized spacial score (nSPS) is 10.4. The highest BCUT2D eigenvalue weighted by Gasteiger charge is 2.15. The molecule has 0 aliphatic carbocycles. The summed E-state index contributed by atoms with van der Waals surface area (Å²) < 4.78 is 16.4. The number of aromatic nitrogens is 2. The smallest absolute Gasteiger partial charge is 0.394 e. The minimum atomic E-state index is -1.62. The first-order valence-electron chi connectivity index (χ1n) is 7.81. The second-order valence-electron chi connectivity index (χ2n) is 5.41. The highest BCUT2D eigenvalue weighted by atomic mass is 35.5. The van der Waals surface area contributed by atoms with E-state index in [1.54, 1.807) is 24.4 Å². The number of fused-ring (bicyclic) bond motifs is 1. The molecule has 0 saturated heterocycles. The summed E-state index contributed by atoms with van der Waals surface area (Å²) in [6.45, 7) is 0. The third-order valence-electron chi connectivity index (χ3n) is 3.67. The Morgan fingerprint density at radius 1 is 1.07 bits per heavy atom. The molecule has 0 radical (unpaired) electrons. The van der Waals surface area contributed by atoms with Crippen LogP contribution in [0, 0.1) is 0 Å². The van der Waals surface area contributed by atoms with Crippen molar-refractivity contribution in [2.75, 3.05) is 19.5 Å². The molecule has 3 aromatic rings. The molecule has 0 aliphatic heterocycles. The highest BCUT2D eigenvalue weighted by molar-refractivity contribution is 6.37. The van der Waals surface area contributed by atoms with Crippen molar-refractivity contribution in [3.05, 3.63) is 41.7 Å². The van der Waals surface area contributed by atoms with Crippen LogP contribution in [0.5, 0.6) is 23.1 Å². The minimum absolute atomic E-state index is 0.0669. The van der Waals surface area contributed by atoms with Crippen LogP contribution < -0.4 is 19.5 Å². The van der Waals surface area contributed by atoms with E-state index in [0.717, 1.165) is 0 Å². The summed E-state index contributed by atoms with van der Waals surface area (Å²) in [4.78, 5) is 30.1. The van der Waals surface area contributed by atoms with Gasteiger partial charge in [-0.05, 0) is 18.2 Å². The van der Waals surface area contributed by atoms with E-state index >= 15 is 0 Å². The van der Waals surface area contributed by atoms with E-state index in [9.17, 15) is 9.59 Å². The largest absolute Gasteiger partial charge is 0.493 e. The Hall–Kier alpha value is -3.59. The molecule has 0 aliphatic rings. The number of hydrogen-bond donors (Lipinski definition) is 2. The van der Waals surface area contributed by atoms with E-state index < -0.39 is 11.9 Å². The van der Waals surface area contributed by atoms with Gasteiger partial charge in [-0.2, -0.15) is 0 Å². The molecule has 2 heterocycles. The van der Waals surface area contributed by atoms with E-state index in [4.69, 9.17) is 30.9 Å². The number of amides is 1. The molecule has 0 saturated carbocycles. The van der Waals surface area contributed by atoms with Gasteiger partial charge in [-0.15, -0.1) is 0 Å². The average molecular weight is 404 g/mol. The van der Waals surface area contributed by atoms with Gasteiger partial charge < -0.3 is 24.6 Å². The molecule has 28 heavy (non-hydrogen) atoms. The van der Waals surface area contributed by atoms with Crippen LogP contribution in [0.15, 0.2) is 36.7 Å². The quantitative estimate of drug-likeness (QED) is 0.623. The zero-order valence-electron chi connectivity index (χ0n) is 14.7. The molecular weight excluding hydrogens is 390 g/mol. The fourth-order valence-electron chi connectivity index (χ4n) is 2.39. The molecule has 9 nitrogen and oxygen atoms in total. The summed E-state index contributed by atoms with van der Waals surface area (Å²) >= 11 is 6.15. The number of benzene rings is 1. The number of rotatable bonds is 5. The first-order valence-corrected chi connectivity index (χ1v) is 8.19. The van der Waals surface area contributed by atoms with Gasteiger partial charge in [0.25, 0.3) is 0 Å². The zero-order valence-corrected chi connectivity index (χ0v) is 15.5. The maximum atomic E-state index is 11.2. The Balaban J connectivity index is 1.94. The number of pyridine rings is 2. The van der Waals surface area contributed by atoms with Gasteiger partial charge in [0, 0.05) is 17.6 Å². The Morgan fingerprint density at radius 2 is 1.79 bits per heavy atom. The lowest BCUT2D eigenvalue weighted by molar-refractivity contribution is -0.147. The molecule has 144 valence electrons. The molecule has 3 rings (SSSR count). The number of nitrogens with one attached hydrogen (secondary N) is 1. The average Bonchev–Trinajstić information content (AvgIpc) is 2.69. The third-order valence-corrected chi connectivity index (χ3v) is 3.94. The predicted molar refractivity (Wildman–Crippen MR) is 100 cm³/mol. The molecule has 2 aromatic heterocycles. The zero-order chi connectivity index (χ0) is 20.3. The van der Waals surface area contributed by atoms with Crippen molar-refractivity contribution in [1.82, 2.24) is 9.97 Å². The van der Waals surface area contributed by atoms with Gasteiger partial charge >= 0.3 is 11.9 Å². The van der Waals surface area contributed by atoms with Crippen LogP contribution in [0.1, 0.15) is 0 Å². The van der Waals surface area contributed by atoms with E-state index in [1.165, 1.54) is 26.5 Å². The van der Waals surface area contributed by atoms with Crippen LogP contribution in [0.25, 0.3) is 10.9 Å². The molecule has 1 aromatic carbocycles. The first kappa shape index (κ1) is 19.2. The number of carboxylic acids is 1. The van der Waals surface area contributed by atoms with Gasteiger partial charge in [0.05, 0.1) is 31.6 Å². The summed E-state index contributed by atoms with van der Waals surface area (Å²) in [7, 11) is 3.04. The lowest BCUT2D eigenvalue weighted by Gasteiger charge is -2.12. The molecule has 10 heteroatoms.